The van der Waals surface area contributed by atoms with Crippen LogP contribution in [0.5, 0.6) is 0 Å². The Balaban J connectivity index is 2.14. The first kappa shape index (κ1) is 12.2. The summed E-state index contributed by atoms with van der Waals surface area (Å²) < 4.78 is 1.68. The summed E-state index contributed by atoms with van der Waals surface area (Å²) in [6.45, 7) is 7.56. The number of anilines is 1. The van der Waals surface area contributed by atoms with Gasteiger partial charge in [0.2, 0.25) is 11.9 Å². The summed E-state index contributed by atoms with van der Waals surface area (Å²) in [6.07, 6.45) is 5.56. The Kier molecular flexibility index (Phi) is 3.36. The molecule has 0 bridgehead atoms. The number of carbonyl (C=O) groups is 1. The Bertz CT molecular complexity index is 589. The van der Waals surface area contributed by atoms with Crippen molar-refractivity contribution in [3.8, 4) is 0 Å². The zero-order chi connectivity index (χ0) is 13.1. The van der Waals surface area contributed by atoms with Crippen molar-refractivity contribution in [3.63, 3.8) is 0 Å². The predicted molar refractivity (Wildman–Crippen MR) is 68.0 cm³/mol. The second-order valence-electron chi connectivity index (χ2n) is 4.38. The second kappa shape index (κ2) is 4.95. The standard InChI is InChI=1S/C12H15N5O/c1-8(2)6-9(3)11(18)14-12-16-15-10-7-13-4-5-17(10)12/h4-5,7,9H,1,6H2,2-3H3,(H,14,16,18). The number of amides is 1. The van der Waals surface area contributed by atoms with Crippen LogP contribution in [0.2, 0.25) is 0 Å². The van der Waals surface area contributed by atoms with E-state index in [0.717, 1.165) is 5.57 Å². The average molecular weight is 245 g/mol. The normalized spacial score (nSPS) is 12.3. The lowest BCUT2D eigenvalue weighted by molar-refractivity contribution is -0.119. The van der Waals surface area contributed by atoms with Gasteiger partial charge in [-0.2, -0.15) is 0 Å². The van der Waals surface area contributed by atoms with Gasteiger partial charge in [-0.05, 0) is 13.3 Å². The highest BCUT2D eigenvalue weighted by Gasteiger charge is 2.15. The van der Waals surface area contributed by atoms with E-state index < -0.39 is 0 Å². The Hall–Kier alpha value is -2.24. The number of rotatable bonds is 4. The smallest absolute Gasteiger partial charge is 0.235 e. The molecule has 0 saturated carbocycles. The average Bonchev–Trinajstić information content (AvgIpc) is 2.72. The largest absolute Gasteiger partial charge is 0.294 e. The molecule has 0 aliphatic heterocycles. The van der Waals surface area contributed by atoms with Crippen LogP contribution in [-0.4, -0.2) is 25.5 Å². The second-order valence-corrected chi connectivity index (χ2v) is 4.38. The minimum absolute atomic E-state index is 0.0934. The van der Waals surface area contributed by atoms with E-state index in [1.807, 2.05) is 13.8 Å². The van der Waals surface area contributed by atoms with Crippen LogP contribution in [-0.2, 0) is 4.79 Å². The quantitative estimate of drug-likeness (QED) is 0.831. The molecule has 0 aromatic carbocycles. The molecule has 2 rings (SSSR count). The minimum Gasteiger partial charge on any atom is -0.294 e. The van der Waals surface area contributed by atoms with Crippen molar-refractivity contribution in [1.29, 1.82) is 0 Å². The number of nitrogens with zero attached hydrogens (tertiary/aromatic N) is 4. The molecule has 6 heteroatoms. The van der Waals surface area contributed by atoms with Gasteiger partial charge in [0.1, 0.15) is 0 Å². The molecule has 0 spiro atoms. The Morgan fingerprint density at radius 1 is 1.56 bits per heavy atom. The summed E-state index contributed by atoms with van der Waals surface area (Å²) in [7, 11) is 0. The highest BCUT2D eigenvalue weighted by atomic mass is 16.2. The van der Waals surface area contributed by atoms with Crippen LogP contribution < -0.4 is 5.32 Å². The molecule has 0 saturated heterocycles. The third-order valence-electron chi connectivity index (χ3n) is 2.55. The Morgan fingerprint density at radius 3 is 3.06 bits per heavy atom. The van der Waals surface area contributed by atoms with Crippen molar-refractivity contribution >= 4 is 17.5 Å². The molecule has 18 heavy (non-hydrogen) atoms. The summed E-state index contributed by atoms with van der Waals surface area (Å²) in [5.41, 5.74) is 1.58. The van der Waals surface area contributed by atoms with Gasteiger partial charge in [0.25, 0.3) is 0 Å². The number of hydrogen-bond donors (Lipinski definition) is 1. The van der Waals surface area contributed by atoms with Crippen LogP contribution in [0.3, 0.4) is 0 Å². The fourth-order valence-electron chi connectivity index (χ4n) is 1.69. The molecule has 0 fully saturated rings. The molecule has 1 N–H and O–H groups in total. The monoisotopic (exact) mass is 245 g/mol. The predicted octanol–water partition coefficient (Wildman–Crippen LogP) is 1.67. The van der Waals surface area contributed by atoms with Gasteiger partial charge < -0.3 is 0 Å². The lowest BCUT2D eigenvalue weighted by Crippen LogP contribution is -2.21. The van der Waals surface area contributed by atoms with Crippen LogP contribution >= 0.6 is 0 Å². The maximum absolute atomic E-state index is 11.9. The van der Waals surface area contributed by atoms with Crippen LogP contribution in [0.4, 0.5) is 5.95 Å². The van der Waals surface area contributed by atoms with Crippen molar-refractivity contribution in [3.05, 3.63) is 30.7 Å². The number of hydrogen-bond acceptors (Lipinski definition) is 4. The van der Waals surface area contributed by atoms with E-state index in [-0.39, 0.29) is 11.8 Å². The Labute approximate surface area is 105 Å². The molecule has 2 heterocycles. The lowest BCUT2D eigenvalue weighted by Gasteiger charge is -2.10. The first-order valence-corrected chi connectivity index (χ1v) is 5.68. The zero-order valence-corrected chi connectivity index (χ0v) is 10.4. The van der Waals surface area contributed by atoms with E-state index in [2.05, 4.69) is 27.1 Å². The van der Waals surface area contributed by atoms with Gasteiger partial charge in [0, 0.05) is 18.3 Å². The molecule has 0 aliphatic rings. The van der Waals surface area contributed by atoms with Gasteiger partial charge in [-0.25, -0.2) is 0 Å². The number of aromatic nitrogens is 4. The topological polar surface area (TPSA) is 72.2 Å². The van der Waals surface area contributed by atoms with E-state index in [1.54, 1.807) is 23.0 Å². The van der Waals surface area contributed by atoms with E-state index in [0.29, 0.717) is 18.0 Å². The third-order valence-corrected chi connectivity index (χ3v) is 2.55. The Morgan fingerprint density at radius 2 is 2.33 bits per heavy atom. The van der Waals surface area contributed by atoms with Crippen LogP contribution in [0.1, 0.15) is 20.3 Å². The summed E-state index contributed by atoms with van der Waals surface area (Å²) in [6, 6.07) is 0. The summed E-state index contributed by atoms with van der Waals surface area (Å²) in [4.78, 5) is 15.9. The molecule has 2 aromatic heterocycles. The molecule has 1 unspecified atom stereocenters. The van der Waals surface area contributed by atoms with Crippen LogP contribution in [0.25, 0.3) is 5.65 Å². The van der Waals surface area contributed by atoms with Crippen molar-refractivity contribution in [2.24, 2.45) is 5.92 Å². The van der Waals surface area contributed by atoms with Crippen molar-refractivity contribution < 1.29 is 4.79 Å². The number of fused-ring (bicyclic) bond motifs is 1. The third kappa shape index (κ3) is 2.53. The molecular weight excluding hydrogens is 230 g/mol. The van der Waals surface area contributed by atoms with Crippen molar-refractivity contribution in [2.45, 2.75) is 20.3 Å². The molecule has 0 radical (unpaired) electrons. The summed E-state index contributed by atoms with van der Waals surface area (Å²) in [5, 5.41) is 10.6. The highest BCUT2D eigenvalue weighted by Crippen LogP contribution is 2.12. The maximum Gasteiger partial charge on any atom is 0.235 e. The first-order valence-electron chi connectivity index (χ1n) is 5.68. The molecule has 1 amide bonds. The fraction of sp³-hybridized carbons (Fsp3) is 0.333. The molecule has 0 aliphatic carbocycles. The lowest BCUT2D eigenvalue weighted by atomic mass is 10.0. The van der Waals surface area contributed by atoms with Gasteiger partial charge in [-0.15, -0.1) is 16.8 Å². The van der Waals surface area contributed by atoms with Gasteiger partial charge in [-0.3, -0.25) is 19.5 Å². The van der Waals surface area contributed by atoms with Crippen molar-refractivity contribution in [2.75, 3.05) is 5.32 Å². The van der Waals surface area contributed by atoms with Gasteiger partial charge >= 0.3 is 0 Å². The van der Waals surface area contributed by atoms with E-state index in [4.69, 9.17) is 0 Å². The molecule has 6 nitrogen and oxygen atoms in total. The zero-order valence-electron chi connectivity index (χ0n) is 10.4. The molecular formula is C12H15N5O. The molecule has 1 atom stereocenters. The minimum atomic E-state index is -0.142. The summed E-state index contributed by atoms with van der Waals surface area (Å²) in [5.74, 6) is 0.173. The van der Waals surface area contributed by atoms with Crippen LogP contribution in [0, 0.1) is 5.92 Å². The SMILES string of the molecule is C=C(C)CC(C)C(=O)Nc1nnc2cnccn12. The molecule has 2 aromatic rings. The van der Waals surface area contributed by atoms with Gasteiger partial charge in [-0.1, -0.05) is 12.5 Å². The van der Waals surface area contributed by atoms with E-state index in [1.165, 1.54) is 0 Å². The van der Waals surface area contributed by atoms with Gasteiger partial charge in [0.05, 0.1) is 6.20 Å². The number of carbonyl (C=O) groups excluding carboxylic acids is 1. The van der Waals surface area contributed by atoms with Crippen molar-refractivity contribution in [1.82, 2.24) is 19.6 Å². The first-order chi connectivity index (χ1) is 8.58. The molecule has 94 valence electrons. The summed E-state index contributed by atoms with van der Waals surface area (Å²) >= 11 is 0. The van der Waals surface area contributed by atoms with Crippen LogP contribution in [0.15, 0.2) is 30.7 Å². The fourth-order valence-corrected chi connectivity index (χ4v) is 1.69. The number of allylic oxidation sites excluding steroid dienone is 1. The van der Waals surface area contributed by atoms with E-state index in [9.17, 15) is 4.79 Å². The van der Waals surface area contributed by atoms with E-state index >= 15 is 0 Å². The van der Waals surface area contributed by atoms with Gasteiger partial charge in [0.15, 0.2) is 5.65 Å². The highest BCUT2D eigenvalue weighted by molar-refractivity contribution is 5.91. The maximum atomic E-state index is 11.9. The number of nitrogens with one attached hydrogen (secondary N) is 1.